The van der Waals surface area contributed by atoms with Crippen LogP contribution in [0.25, 0.3) is 0 Å². The number of anilines is 1. The average molecular weight is 317 g/mol. The van der Waals surface area contributed by atoms with Crippen LogP contribution in [0.5, 0.6) is 0 Å². The van der Waals surface area contributed by atoms with Crippen LogP contribution in [0.3, 0.4) is 0 Å². The zero-order valence-corrected chi connectivity index (χ0v) is 13.1. The van der Waals surface area contributed by atoms with E-state index in [0.29, 0.717) is 12.3 Å². The molecule has 1 saturated heterocycles. The van der Waals surface area contributed by atoms with Crippen LogP contribution in [-0.2, 0) is 4.74 Å². The van der Waals surface area contributed by atoms with E-state index in [4.69, 9.17) is 9.26 Å². The number of aryl methyl sites for hydroxylation is 1. The molecule has 0 bridgehead atoms. The first-order valence-electron chi connectivity index (χ1n) is 7.44. The molecule has 1 fully saturated rings. The number of nitrogens with one attached hydrogen (secondary N) is 1. The minimum atomic E-state index is -0.245. The van der Waals surface area contributed by atoms with E-state index in [2.05, 4.69) is 25.3 Å². The van der Waals surface area contributed by atoms with Gasteiger partial charge in [0.15, 0.2) is 5.69 Å². The molecule has 1 aliphatic rings. The van der Waals surface area contributed by atoms with E-state index in [1.54, 1.807) is 26.3 Å². The summed E-state index contributed by atoms with van der Waals surface area (Å²) >= 11 is 0. The molecule has 122 valence electrons. The fraction of sp³-hybridized carbons (Fsp3) is 0.467. The lowest BCUT2D eigenvalue weighted by Crippen LogP contribution is -2.40. The standard InChI is InChI=1S/C15H19N5O3/c1-10-5-13(19-23-10)15(21)17-7-11-6-12(22-2)8-20(11)14-3-4-16-9-18-14/h3-5,9,11-12H,6-8H2,1-2H3,(H,17,21)/t11-,12-/m1/s1. The third-order valence-electron chi connectivity index (χ3n) is 3.93. The number of nitrogens with zero attached hydrogens (tertiary/aromatic N) is 4. The molecule has 23 heavy (non-hydrogen) atoms. The van der Waals surface area contributed by atoms with E-state index in [1.165, 1.54) is 6.33 Å². The van der Waals surface area contributed by atoms with Crippen LogP contribution in [0, 0.1) is 6.92 Å². The molecular weight excluding hydrogens is 298 g/mol. The molecule has 0 aliphatic carbocycles. The van der Waals surface area contributed by atoms with Crippen molar-refractivity contribution in [3.63, 3.8) is 0 Å². The van der Waals surface area contributed by atoms with Crippen LogP contribution >= 0.6 is 0 Å². The van der Waals surface area contributed by atoms with Crippen molar-refractivity contribution in [2.24, 2.45) is 0 Å². The summed E-state index contributed by atoms with van der Waals surface area (Å²) in [6, 6.07) is 3.57. The molecule has 2 atom stereocenters. The largest absolute Gasteiger partial charge is 0.380 e. The third kappa shape index (κ3) is 3.48. The SMILES string of the molecule is CO[C@@H]1C[C@H](CNC(=O)c2cc(C)on2)N(c2ccncn2)C1. The molecule has 0 unspecified atom stereocenters. The zero-order chi connectivity index (χ0) is 16.2. The highest BCUT2D eigenvalue weighted by Gasteiger charge is 2.33. The number of methoxy groups -OCH3 is 1. The maximum atomic E-state index is 12.1. The maximum absolute atomic E-state index is 12.1. The van der Waals surface area contributed by atoms with Gasteiger partial charge in [-0.05, 0) is 19.4 Å². The monoisotopic (exact) mass is 317 g/mol. The first-order valence-corrected chi connectivity index (χ1v) is 7.44. The van der Waals surface area contributed by atoms with Crippen LogP contribution < -0.4 is 10.2 Å². The number of aromatic nitrogens is 3. The Kier molecular flexibility index (Phi) is 4.52. The summed E-state index contributed by atoms with van der Waals surface area (Å²) in [7, 11) is 1.70. The average Bonchev–Trinajstić information content (AvgIpc) is 3.19. The van der Waals surface area contributed by atoms with E-state index in [0.717, 1.165) is 18.8 Å². The van der Waals surface area contributed by atoms with E-state index >= 15 is 0 Å². The van der Waals surface area contributed by atoms with Crippen molar-refractivity contribution in [1.29, 1.82) is 0 Å². The van der Waals surface area contributed by atoms with Crippen LogP contribution in [0.1, 0.15) is 22.7 Å². The summed E-state index contributed by atoms with van der Waals surface area (Å²) in [6.07, 6.45) is 4.15. The predicted molar refractivity (Wildman–Crippen MR) is 82.2 cm³/mol. The van der Waals surface area contributed by atoms with Crippen LogP contribution in [0.4, 0.5) is 5.82 Å². The van der Waals surface area contributed by atoms with Crippen molar-refractivity contribution in [2.45, 2.75) is 25.5 Å². The van der Waals surface area contributed by atoms with Crippen molar-refractivity contribution in [3.8, 4) is 0 Å². The smallest absolute Gasteiger partial charge is 0.273 e. The lowest BCUT2D eigenvalue weighted by Gasteiger charge is -2.25. The third-order valence-corrected chi connectivity index (χ3v) is 3.93. The Morgan fingerprint density at radius 2 is 2.43 bits per heavy atom. The highest BCUT2D eigenvalue weighted by atomic mass is 16.5. The van der Waals surface area contributed by atoms with Gasteiger partial charge in [-0.15, -0.1) is 0 Å². The molecule has 1 aliphatic heterocycles. The summed E-state index contributed by atoms with van der Waals surface area (Å²) in [5.41, 5.74) is 0.289. The molecule has 2 aromatic heterocycles. The second-order valence-corrected chi connectivity index (χ2v) is 5.50. The molecule has 3 heterocycles. The van der Waals surface area contributed by atoms with Gasteiger partial charge in [-0.25, -0.2) is 9.97 Å². The molecule has 8 nitrogen and oxygen atoms in total. The minimum absolute atomic E-state index is 0.104. The second kappa shape index (κ2) is 6.74. The number of ether oxygens (including phenoxy) is 1. The molecule has 8 heteroatoms. The van der Waals surface area contributed by atoms with Gasteiger partial charge in [0.05, 0.1) is 12.1 Å². The summed E-state index contributed by atoms with van der Waals surface area (Å²) < 4.78 is 10.4. The zero-order valence-electron chi connectivity index (χ0n) is 13.1. The Bertz CT molecular complexity index is 660. The van der Waals surface area contributed by atoms with Gasteiger partial charge in [0, 0.05) is 32.5 Å². The van der Waals surface area contributed by atoms with E-state index in [9.17, 15) is 4.79 Å². The summed E-state index contributed by atoms with van der Waals surface area (Å²) in [5.74, 6) is 1.19. The number of amides is 1. The Hall–Kier alpha value is -2.48. The lowest BCUT2D eigenvalue weighted by molar-refractivity contribution is 0.0937. The maximum Gasteiger partial charge on any atom is 0.273 e. The van der Waals surface area contributed by atoms with Gasteiger partial charge in [0.1, 0.15) is 17.9 Å². The highest BCUT2D eigenvalue weighted by molar-refractivity contribution is 5.92. The van der Waals surface area contributed by atoms with Crippen LogP contribution in [0.15, 0.2) is 29.2 Å². The first-order chi connectivity index (χ1) is 11.2. The number of carbonyl (C=O) groups is 1. The minimum Gasteiger partial charge on any atom is -0.380 e. The molecule has 0 spiro atoms. The second-order valence-electron chi connectivity index (χ2n) is 5.50. The lowest BCUT2D eigenvalue weighted by atomic mass is 10.2. The number of rotatable bonds is 5. The molecule has 0 saturated carbocycles. The fourth-order valence-corrected chi connectivity index (χ4v) is 2.75. The van der Waals surface area contributed by atoms with Gasteiger partial charge >= 0.3 is 0 Å². The fourth-order valence-electron chi connectivity index (χ4n) is 2.75. The normalized spacial score (nSPS) is 20.7. The Morgan fingerprint density at radius 3 is 3.09 bits per heavy atom. The molecule has 3 rings (SSSR count). The van der Waals surface area contributed by atoms with Gasteiger partial charge in [0.2, 0.25) is 0 Å². The topological polar surface area (TPSA) is 93.4 Å². The quantitative estimate of drug-likeness (QED) is 0.871. The van der Waals surface area contributed by atoms with E-state index < -0.39 is 0 Å². The molecule has 0 aromatic carbocycles. The number of hydrogen-bond acceptors (Lipinski definition) is 7. The Labute approximate surface area is 133 Å². The first kappa shape index (κ1) is 15.4. The predicted octanol–water partition coefficient (Wildman–Crippen LogP) is 0.797. The van der Waals surface area contributed by atoms with Crippen LogP contribution in [0.2, 0.25) is 0 Å². The number of hydrogen-bond donors (Lipinski definition) is 1. The van der Waals surface area contributed by atoms with Crippen molar-refractivity contribution in [3.05, 3.63) is 36.1 Å². The van der Waals surface area contributed by atoms with E-state index in [-0.39, 0.29) is 23.7 Å². The van der Waals surface area contributed by atoms with Crippen molar-refractivity contribution in [1.82, 2.24) is 20.4 Å². The van der Waals surface area contributed by atoms with Gasteiger partial charge in [0.25, 0.3) is 5.91 Å². The summed E-state index contributed by atoms with van der Waals surface area (Å²) in [6.45, 7) is 2.96. The molecule has 2 aromatic rings. The molecule has 1 amide bonds. The highest BCUT2D eigenvalue weighted by Crippen LogP contribution is 2.24. The summed E-state index contributed by atoms with van der Waals surface area (Å²) in [4.78, 5) is 22.5. The van der Waals surface area contributed by atoms with Crippen molar-refractivity contribution in [2.75, 3.05) is 25.1 Å². The van der Waals surface area contributed by atoms with Crippen LogP contribution in [-0.4, -0.2) is 53.4 Å². The summed E-state index contributed by atoms with van der Waals surface area (Å²) in [5, 5.41) is 6.62. The molecule has 0 radical (unpaired) electrons. The Morgan fingerprint density at radius 1 is 1.57 bits per heavy atom. The van der Waals surface area contributed by atoms with Crippen molar-refractivity contribution >= 4 is 11.7 Å². The molecular formula is C15H19N5O3. The Balaban J connectivity index is 1.66. The van der Waals surface area contributed by atoms with Gasteiger partial charge in [-0.3, -0.25) is 4.79 Å². The van der Waals surface area contributed by atoms with Crippen molar-refractivity contribution < 1.29 is 14.1 Å². The van der Waals surface area contributed by atoms with Gasteiger partial charge < -0.3 is 19.5 Å². The molecule has 1 N–H and O–H groups in total. The number of carbonyl (C=O) groups excluding carboxylic acids is 1. The van der Waals surface area contributed by atoms with Gasteiger partial charge in [-0.1, -0.05) is 5.16 Å². The van der Waals surface area contributed by atoms with Gasteiger partial charge in [-0.2, -0.15) is 0 Å². The van der Waals surface area contributed by atoms with E-state index in [1.807, 2.05) is 6.07 Å².